The van der Waals surface area contributed by atoms with E-state index >= 15 is 0 Å². The van der Waals surface area contributed by atoms with Gasteiger partial charge in [0.05, 0.1) is 18.2 Å². The lowest BCUT2D eigenvalue weighted by Crippen LogP contribution is -2.58. The van der Waals surface area contributed by atoms with Crippen molar-refractivity contribution in [1.82, 2.24) is 25.2 Å². The number of hydrogen-bond donors (Lipinski definition) is 1. The second-order valence-electron chi connectivity index (χ2n) is 10.6. The lowest BCUT2D eigenvalue weighted by Gasteiger charge is -2.49. The number of nitrogens with zero attached hydrogens (tertiary/aromatic N) is 4. The fourth-order valence-corrected chi connectivity index (χ4v) is 6.42. The standard InChI is InChI=1S/C26H35N5O3/c32-26(27-13-19-6-7-24-25(11-19)34-17-33-24)23-16-30-9-8-20(23)12-22(30)15-31-14-21(28-29-31)10-18-4-2-1-3-5-18/h6-7,11,14,18,20,22-23H,1-5,8-10,12-13,15-17H2,(H,27,32)/t20-,22+,23-/m0/s1. The van der Waals surface area contributed by atoms with Gasteiger partial charge in [0.25, 0.3) is 0 Å². The molecule has 3 saturated heterocycles. The van der Waals surface area contributed by atoms with E-state index < -0.39 is 0 Å². The smallest absolute Gasteiger partial charge is 0.231 e. The van der Waals surface area contributed by atoms with Gasteiger partial charge >= 0.3 is 0 Å². The fourth-order valence-electron chi connectivity index (χ4n) is 6.42. The molecule has 1 aliphatic carbocycles. The minimum atomic E-state index is 0.0663. The molecule has 5 aliphatic rings. The largest absolute Gasteiger partial charge is 0.454 e. The van der Waals surface area contributed by atoms with Gasteiger partial charge < -0.3 is 14.8 Å². The predicted octanol–water partition coefficient (Wildman–Crippen LogP) is 3.16. The Kier molecular flexibility index (Phi) is 6.16. The van der Waals surface area contributed by atoms with Crippen LogP contribution in [-0.4, -0.2) is 51.7 Å². The van der Waals surface area contributed by atoms with Crippen LogP contribution in [0.15, 0.2) is 24.4 Å². The van der Waals surface area contributed by atoms with Gasteiger partial charge in [-0.2, -0.15) is 0 Å². The summed E-state index contributed by atoms with van der Waals surface area (Å²) in [7, 11) is 0. The predicted molar refractivity (Wildman–Crippen MR) is 126 cm³/mol. The second-order valence-corrected chi connectivity index (χ2v) is 10.6. The molecule has 4 aliphatic heterocycles. The van der Waals surface area contributed by atoms with Gasteiger partial charge in [-0.15, -0.1) is 5.10 Å². The third-order valence-corrected chi connectivity index (χ3v) is 8.33. The Balaban J connectivity index is 1.01. The van der Waals surface area contributed by atoms with Crippen molar-refractivity contribution in [1.29, 1.82) is 0 Å². The van der Waals surface area contributed by atoms with Crippen LogP contribution in [0.3, 0.4) is 0 Å². The summed E-state index contributed by atoms with van der Waals surface area (Å²) in [4.78, 5) is 15.5. The molecule has 1 amide bonds. The van der Waals surface area contributed by atoms with Crippen LogP contribution < -0.4 is 14.8 Å². The van der Waals surface area contributed by atoms with Crippen molar-refractivity contribution in [2.24, 2.45) is 17.8 Å². The van der Waals surface area contributed by atoms with Crippen LogP contribution in [0.25, 0.3) is 0 Å². The van der Waals surface area contributed by atoms with Crippen molar-refractivity contribution in [3.05, 3.63) is 35.7 Å². The van der Waals surface area contributed by atoms with Gasteiger partial charge in [0, 0.05) is 25.3 Å². The van der Waals surface area contributed by atoms with Crippen LogP contribution in [-0.2, 0) is 24.3 Å². The Hall–Kier alpha value is -2.61. The summed E-state index contributed by atoms with van der Waals surface area (Å²) in [6.45, 7) is 3.57. The molecule has 0 spiro atoms. The Morgan fingerprint density at radius 1 is 1.12 bits per heavy atom. The number of piperidine rings is 3. The zero-order valence-electron chi connectivity index (χ0n) is 19.8. The van der Waals surface area contributed by atoms with E-state index in [1.54, 1.807) is 0 Å². The van der Waals surface area contributed by atoms with Gasteiger partial charge in [-0.25, -0.2) is 0 Å². The molecule has 34 heavy (non-hydrogen) atoms. The zero-order valence-corrected chi connectivity index (χ0v) is 19.8. The first-order chi connectivity index (χ1) is 16.7. The average molecular weight is 466 g/mol. The van der Waals surface area contributed by atoms with E-state index in [0.29, 0.717) is 18.5 Å². The number of nitrogens with one attached hydrogen (secondary N) is 1. The summed E-state index contributed by atoms with van der Waals surface area (Å²) >= 11 is 0. The van der Waals surface area contributed by atoms with Crippen LogP contribution in [0, 0.1) is 17.8 Å². The maximum absolute atomic E-state index is 13.0. The van der Waals surface area contributed by atoms with Gasteiger partial charge in [0.1, 0.15) is 0 Å². The number of aromatic nitrogens is 3. The molecule has 2 bridgehead atoms. The highest BCUT2D eigenvalue weighted by Gasteiger charge is 2.43. The number of ether oxygens (including phenoxy) is 2. The van der Waals surface area contributed by atoms with E-state index in [9.17, 15) is 4.79 Å². The summed E-state index contributed by atoms with van der Waals surface area (Å²) < 4.78 is 12.9. The third kappa shape index (κ3) is 4.65. The maximum Gasteiger partial charge on any atom is 0.231 e. The molecule has 1 saturated carbocycles. The monoisotopic (exact) mass is 465 g/mol. The highest BCUT2D eigenvalue weighted by atomic mass is 16.7. The van der Waals surface area contributed by atoms with Crippen LogP contribution >= 0.6 is 0 Å². The number of fused-ring (bicyclic) bond motifs is 4. The number of rotatable bonds is 7. The average Bonchev–Trinajstić information content (AvgIpc) is 3.52. The number of carbonyl (C=O) groups is 1. The molecule has 0 radical (unpaired) electrons. The van der Waals surface area contributed by atoms with Crippen molar-refractivity contribution in [2.45, 2.75) is 70.5 Å². The van der Waals surface area contributed by atoms with Crippen molar-refractivity contribution in [3.8, 4) is 11.5 Å². The maximum atomic E-state index is 13.0. The Labute approximate surface area is 201 Å². The van der Waals surface area contributed by atoms with E-state index in [4.69, 9.17) is 9.47 Å². The summed E-state index contributed by atoms with van der Waals surface area (Å²) in [6.07, 6.45) is 12.2. The molecule has 8 heteroatoms. The van der Waals surface area contributed by atoms with Crippen molar-refractivity contribution < 1.29 is 14.3 Å². The third-order valence-electron chi connectivity index (χ3n) is 8.33. The molecule has 1 aromatic heterocycles. The molecule has 2 aromatic rings. The summed E-state index contributed by atoms with van der Waals surface area (Å²) in [5.74, 6) is 2.99. The fraction of sp³-hybridized carbons (Fsp3) is 0.654. The number of carbonyl (C=O) groups excluding carboxylic acids is 1. The molecular formula is C26H35N5O3. The SMILES string of the molecule is O=C(NCc1ccc2c(c1)OCO2)[C@H]1CN2CC[C@H]1C[C@@H]2Cn1cc(CC2CCCCC2)nn1. The van der Waals surface area contributed by atoms with Crippen molar-refractivity contribution >= 4 is 5.91 Å². The minimum absolute atomic E-state index is 0.0663. The molecule has 4 fully saturated rings. The quantitative estimate of drug-likeness (QED) is 0.677. The van der Waals surface area contributed by atoms with E-state index in [2.05, 4.69) is 26.7 Å². The lowest BCUT2D eigenvalue weighted by molar-refractivity contribution is -0.133. The first-order valence-corrected chi connectivity index (χ1v) is 13.0. The second kappa shape index (κ2) is 9.56. The normalized spacial score (nSPS) is 28.2. The molecule has 7 rings (SSSR count). The Bertz CT molecular complexity index is 1020. The summed E-state index contributed by atoms with van der Waals surface area (Å²) in [6, 6.07) is 6.30. The summed E-state index contributed by atoms with van der Waals surface area (Å²) in [5.41, 5.74) is 2.18. The molecule has 1 unspecified atom stereocenters. The Morgan fingerprint density at radius 2 is 2.00 bits per heavy atom. The molecule has 182 valence electrons. The van der Waals surface area contributed by atoms with Gasteiger partial charge in [-0.1, -0.05) is 43.4 Å². The Morgan fingerprint density at radius 3 is 2.85 bits per heavy atom. The van der Waals surface area contributed by atoms with Gasteiger partial charge in [0.2, 0.25) is 12.7 Å². The van der Waals surface area contributed by atoms with Gasteiger partial charge in [-0.05, 0) is 55.3 Å². The van der Waals surface area contributed by atoms with E-state index in [-0.39, 0.29) is 18.6 Å². The molecule has 8 nitrogen and oxygen atoms in total. The van der Waals surface area contributed by atoms with Crippen molar-refractivity contribution in [2.75, 3.05) is 19.9 Å². The summed E-state index contributed by atoms with van der Waals surface area (Å²) in [5, 5.41) is 12.1. The number of hydrogen-bond acceptors (Lipinski definition) is 6. The highest BCUT2D eigenvalue weighted by Crippen LogP contribution is 2.37. The van der Waals surface area contributed by atoms with Gasteiger partial charge in [0.15, 0.2) is 11.5 Å². The van der Waals surface area contributed by atoms with Crippen LogP contribution in [0.4, 0.5) is 0 Å². The minimum Gasteiger partial charge on any atom is -0.454 e. The zero-order chi connectivity index (χ0) is 22.9. The molecular weight excluding hydrogens is 430 g/mol. The number of benzene rings is 1. The lowest BCUT2D eigenvalue weighted by atomic mass is 9.75. The van der Waals surface area contributed by atoms with Gasteiger partial charge in [-0.3, -0.25) is 14.4 Å². The number of amides is 1. The molecule has 1 aromatic carbocycles. The molecule has 4 atom stereocenters. The van der Waals surface area contributed by atoms with E-state index in [1.807, 2.05) is 22.9 Å². The van der Waals surface area contributed by atoms with Crippen LogP contribution in [0.1, 0.15) is 56.2 Å². The topological polar surface area (TPSA) is 81.5 Å². The molecule has 1 N–H and O–H groups in total. The van der Waals surface area contributed by atoms with Crippen LogP contribution in [0.2, 0.25) is 0 Å². The van der Waals surface area contributed by atoms with Crippen LogP contribution in [0.5, 0.6) is 11.5 Å². The van der Waals surface area contributed by atoms with Crippen molar-refractivity contribution in [3.63, 3.8) is 0 Å². The first kappa shape index (κ1) is 21.9. The first-order valence-electron chi connectivity index (χ1n) is 13.0. The van der Waals surface area contributed by atoms with E-state index in [0.717, 1.165) is 67.6 Å². The highest BCUT2D eigenvalue weighted by molar-refractivity contribution is 5.79. The molecule has 5 heterocycles. The van der Waals surface area contributed by atoms with E-state index in [1.165, 1.54) is 32.1 Å².